The van der Waals surface area contributed by atoms with Crippen molar-refractivity contribution in [3.63, 3.8) is 0 Å². The van der Waals surface area contributed by atoms with Crippen LogP contribution in [0.15, 0.2) is 241 Å². The number of fused-ring (bicyclic) bond motifs is 5. The third-order valence-corrected chi connectivity index (χ3v) is 12.3. The van der Waals surface area contributed by atoms with Crippen LogP contribution in [0.3, 0.4) is 0 Å². The predicted octanol–water partition coefficient (Wildman–Crippen LogP) is 16.3. The van der Waals surface area contributed by atoms with Crippen molar-refractivity contribution in [2.24, 2.45) is 0 Å². The Morgan fingerprint density at radius 3 is 1.18 bits per heavy atom. The first-order valence-corrected chi connectivity index (χ1v) is 21.9. The Balaban J connectivity index is 0.982. The van der Waals surface area contributed by atoms with Gasteiger partial charge in [-0.15, -0.1) is 0 Å². The van der Waals surface area contributed by atoms with E-state index >= 15 is 0 Å². The normalized spacial score (nSPS) is 11.4. The zero-order valence-electron chi connectivity index (χ0n) is 35.3. The zero-order chi connectivity index (χ0) is 43.1. The summed E-state index contributed by atoms with van der Waals surface area (Å²) in [4.78, 5) is 15.1. The lowest BCUT2D eigenvalue weighted by molar-refractivity contribution is 0.673. The third-order valence-electron chi connectivity index (χ3n) is 12.3. The molecule has 0 aliphatic rings. The lowest BCUT2D eigenvalue weighted by atomic mass is 9.90. The van der Waals surface area contributed by atoms with Crippen LogP contribution in [0.5, 0.6) is 0 Å². The van der Waals surface area contributed by atoms with E-state index in [9.17, 15) is 0 Å². The van der Waals surface area contributed by atoms with Crippen LogP contribution in [-0.2, 0) is 0 Å². The van der Waals surface area contributed by atoms with Crippen molar-refractivity contribution >= 4 is 32.7 Å². The summed E-state index contributed by atoms with van der Waals surface area (Å²) in [6.07, 6.45) is 0. The second kappa shape index (κ2) is 16.2. The molecule has 0 fully saturated rings. The summed E-state index contributed by atoms with van der Waals surface area (Å²) in [5, 5.41) is 4.37. The first-order chi connectivity index (χ1) is 32.2. The Kier molecular flexibility index (Phi) is 9.46. The summed E-state index contributed by atoms with van der Waals surface area (Å²) in [6, 6.07) is 83.0. The molecule has 0 radical (unpaired) electrons. The Hall–Kier alpha value is -8.73. The summed E-state index contributed by atoms with van der Waals surface area (Å²) in [5.74, 6) is 1.87. The van der Waals surface area contributed by atoms with Crippen LogP contribution >= 0.6 is 0 Å². The second-order valence-electron chi connectivity index (χ2n) is 16.4. The number of nitrogens with zero attached hydrogens (tertiary/aromatic N) is 3. The van der Waals surface area contributed by atoms with Crippen molar-refractivity contribution < 1.29 is 4.42 Å². The molecule has 0 atom stereocenters. The fourth-order valence-corrected chi connectivity index (χ4v) is 9.10. The standard InChI is InChI=1S/C61H39N3O/c1-5-16-40(17-6-1)43-28-32-46(33-29-43)60-62-59(45-22-11-4-12-23-45)63-61(64-60)47-34-30-44(31-35-47)54-39-55-57-51(26-15-27-56(57)65-58(55)53-25-14-13-24-52(53)54)50-37-48(41-18-7-2-8-19-41)36-49(38-50)42-20-9-3-10-21-42/h1-39H. The van der Waals surface area contributed by atoms with Crippen LogP contribution in [0.4, 0.5) is 0 Å². The van der Waals surface area contributed by atoms with Crippen molar-refractivity contribution in [2.75, 3.05) is 0 Å². The van der Waals surface area contributed by atoms with Crippen molar-refractivity contribution in [2.45, 2.75) is 0 Å². The van der Waals surface area contributed by atoms with E-state index in [4.69, 9.17) is 19.4 Å². The van der Waals surface area contributed by atoms with E-state index < -0.39 is 0 Å². The van der Waals surface area contributed by atoms with Crippen LogP contribution < -0.4 is 0 Å². The summed E-state index contributed by atoms with van der Waals surface area (Å²) in [7, 11) is 0. The minimum absolute atomic E-state index is 0.617. The summed E-state index contributed by atoms with van der Waals surface area (Å²) in [5.41, 5.74) is 16.0. The first kappa shape index (κ1) is 38.0. The summed E-state index contributed by atoms with van der Waals surface area (Å²) >= 11 is 0. The number of furan rings is 1. The number of hydrogen-bond acceptors (Lipinski definition) is 4. The van der Waals surface area contributed by atoms with Crippen LogP contribution in [0.2, 0.25) is 0 Å². The van der Waals surface area contributed by atoms with Gasteiger partial charge < -0.3 is 4.42 Å². The molecule has 0 aliphatic heterocycles. The maximum Gasteiger partial charge on any atom is 0.164 e. The highest BCUT2D eigenvalue weighted by atomic mass is 16.3. The van der Waals surface area contributed by atoms with Gasteiger partial charge in [-0.25, -0.2) is 15.0 Å². The quantitative estimate of drug-likeness (QED) is 0.153. The minimum Gasteiger partial charge on any atom is -0.455 e. The molecule has 0 spiro atoms. The molecular weight excluding hydrogens is 791 g/mol. The molecule has 12 aromatic rings. The highest BCUT2D eigenvalue weighted by Gasteiger charge is 2.20. The molecule has 2 heterocycles. The maximum atomic E-state index is 6.83. The molecule has 4 heteroatoms. The van der Waals surface area contributed by atoms with E-state index in [2.05, 4.69) is 200 Å². The monoisotopic (exact) mass is 829 g/mol. The zero-order valence-corrected chi connectivity index (χ0v) is 35.3. The largest absolute Gasteiger partial charge is 0.455 e. The van der Waals surface area contributed by atoms with Gasteiger partial charge in [-0.2, -0.15) is 0 Å². The second-order valence-corrected chi connectivity index (χ2v) is 16.4. The van der Waals surface area contributed by atoms with Gasteiger partial charge in [-0.1, -0.05) is 206 Å². The maximum absolute atomic E-state index is 6.83. The first-order valence-electron chi connectivity index (χ1n) is 21.9. The SMILES string of the molecule is c1ccc(-c2ccc(-c3nc(-c4ccccc4)nc(-c4ccc(-c5cc6c(oc7cccc(-c8cc(-c9ccccc9)cc(-c9ccccc9)c8)c76)c6ccccc56)cc4)n3)cc2)cc1. The van der Waals surface area contributed by atoms with E-state index in [1.54, 1.807) is 0 Å². The Labute approximate surface area is 376 Å². The van der Waals surface area contributed by atoms with E-state index in [0.717, 1.165) is 77.2 Å². The summed E-state index contributed by atoms with van der Waals surface area (Å²) < 4.78 is 6.83. The van der Waals surface area contributed by atoms with Gasteiger partial charge in [0.2, 0.25) is 0 Å². The van der Waals surface area contributed by atoms with Crippen LogP contribution in [0, 0.1) is 0 Å². The Morgan fingerprint density at radius 2 is 0.646 bits per heavy atom. The highest BCUT2D eigenvalue weighted by Crippen LogP contribution is 2.44. The molecular formula is C61H39N3O. The lowest BCUT2D eigenvalue weighted by Gasteiger charge is -2.13. The van der Waals surface area contributed by atoms with Gasteiger partial charge in [-0.3, -0.25) is 0 Å². The molecule has 65 heavy (non-hydrogen) atoms. The molecule has 0 bridgehead atoms. The molecule has 2 aromatic heterocycles. The van der Waals surface area contributed by atoms with Crippen LogP contribution in [-0.4, -0.2) is 15.0 Å². The average molecular weight is 830 g/mol. The minimum atomic E-state index is 0.617. The van der Waals surface area contributed by atoms with Gasteiger partial charge in [0.1, 0.15) is 11.2 Å². The molecule has 0 saturated carbocycles. The molecule has 0 saturated heterocycles. The molecule has 0 amide bonds. The number of aromatic nitrogens is 3. The highest BCUT2D eigenvalue weighted by molar-refractivity contribution is 6.22. The lowest BCUT2D eigenvalue weighted by Crippen LogP contribution is -2.00. The van der Waals surface area contributed by atoms with Crippen molar-refractivity contribution in [1.29, 1.82) is 0 Å². The molecule has 12 rings (SSSR count). The van der Waals surface area contributed by atoms with Crippen molar-refractivity contribution in [3.8, 4) is 89.8 Å². The summed E-state index contributed by atoms with van der Waals surface area (Å²) in [6.45, 7) is 0. The third kappa shape index (κ3) is 7.13. The van der Waals surface area contributed by atoms with Gasteiger partial charge in [0, 0.05) is 32.8 Å². The number of rotatable bonds is 8. The Bertz CT molecular complexity index is 3600. The molecule has 0 unspecified atom stereocenters. The molecule has 0 N–H and O–H groups in total. The fourth-order valence-electron chi connectivity index (χ4n) is 9.10. The fraction of sp³-hybridized carbons (Fsp3) is 0. The van der Waals surface area contributed by atoms with Gasteiger partial charge in [0.25, 0.3) is 0 Å². The van der Waals surface area contributed by atoms with Gasteiger partial charge in [0.05, 0.1) is 0 Å². The average Bonchev–Trinajstić information content (AvgIpc) is 3.78. The van der Waals surface area contributed by atoms with E-state index in [1.807, 2.05) is 36.4 Å². The van der Waals surface area contributed by atoms with E-state index in [-0.39, 0.29) is 0 Å². The molecule has 0 aliphatic carbocycles. The van der Waals surface area contributed by atoms with E-state index in [1.165, 1.54) is 27.8 Å². The predicted molar refractivity (Wildman–Crippen MR) is 268 cm³/mol. The molecule has 304 valence electrons. The van der Waals surface area contributed by atoms with Crippen molar-refractivity contribution in [3.05, 3.63) is 237 Å². The topological polar surface area (TPSA) is 51.8 Å². The molecule has 10 aromatic carbocycles. The van der Waals surface area contributed by atoms with E-state index in [0.29, 0.717) is 17.5 Å². The smallest absolute Gasteiger partial charge is 0.164 e. The number of benzene rings is 10. The molecule has 4 nitrogen and oxygen atoms in total. The van der Waals surface area contributed by atoms with Crippen LogP contribution in [0.25, 0.3) is 123 Å². The van der Waals surface area contributed by atoms with Gasteiger partial charge >= 0.3 is 0 Å². The van der Waals surface area contributed by atoms with Crippen molar-refractivity contribution in [1.82, 2.24) is 15.0 Å². The van der Waals surface area contributed by atoms with Gasteiger partial charge in [-0.05, 0) is 91.4 Å². The number of hydrogen-bond donors (Lipinski definition) is 0. The van der Waals surface area contributed by atoms with Crippen LogP contribution in [0.1, 0.15) is 0 Å². The Morgan fingerprint density at radius 1 is 0.246 bits per heavy atom. The van der Waals surface area contributed by atoms with Gasteiger partial charge in [0.15, 0.2) is 17.5 Å².